The molecule has 2 nitrogen and oxygen atoms in total. The zero-order chi connectivity index (χ0) is 14.9. The van der Waals surface area contributed by atoms with Crippen molar-refractivity contribution in [2.45, 2.75) is 39.2 Å². The smallest absolute Gasteiger partial charge is 0.124 e. The number of rotatable bonds is 9. The third-order valence-electron chi connectivity index (χ3n) is 3.54. The van der Waals surface area contributed by atoms with Gasteiger partial charge in [0.1, 0.15) is 5.75 Å². The van der Waals surface area contributed by atoms with Crippen LogP contribution in [0.2, 0.25) is 0 Å². The van der Waals surface area contributed by atoms with Gasteiger partial charge in [-0.1, -0.05) is 31.2 Å². The Morgan fingerprint density at radius 1 is 1.14 bits per heavy atom. The second-order valence-electron chi connectivity index (χ2n) is 5.05. The summed E-state index contributed by atoms with van der Waals surface area (Å²) in [5, 5.41) is 5.76. The third-order valence-corrected chi connectivity index (χ3v) is 4.48. The van der Waals surface area contributed by atoms with E-state index in [4.69, 9.17) is 4.74 Å². The van der Waals surface area contributed by atoms with E-state index in [9.17, 15) is 0 Å². The van der Waals surface area contributed by atoms with Gasteiger partial charge < -0.3 is 10.1 Å². The van der Waals surface area contributed by atoms with Gasteiger partial charge in [0.15, 0.2) is 0 Å². The fraction of sp³-hybridized carbons (Fsp3) is 0.444. The van der Waals surface area contributed by atoms with E-state index in [0.29, 0.717) is 12.6 Å². The first-order chi connectivity index (χ1) is 10.3. The molecule has 1 atom stereocenters. The van der Waals surface area contributed by atoms with Crippen LogP contribution in [0.3, 0.4) is 0 Å². The van der Waals surface area contributed by atoms with Gasteiger partial charge in [-0.2, -0.15) is 0 Å². The number of hydrogen-bond acceptors (Lipinski definition) is 3. The van der Waals surface area contributed by atoms with Crippen LogP contribution in [0.1, 0.15) is 43.2 Å². The number of hydrogen-bond donors (Lipinski definition) is 1. The first-order valence-corrected chi connectivity index (χ1v) is 8.70. The maximum Gasteiger partial charge on any atom is 0.124 e. The van der Waals surface area contributed by atoms with Crippen molar-refractivity contribution in [1.82, 2.24) is 5.32 Å². The summed E-state index contributed by atoms with van der Waals surface area (Å²) in [4.78, 5) is 1.48. The summed E-state index contributed by atoms with van der Waals surface area (Å²) in [7, 11) is 0. The molecule has 0 aliphatic heterocycles. The second kappa shape index (κ2) is 8.85. The minimum Gasteiger partial charge on any atom is -0.494 e. The maximum atomic E-state index is 5.78. The monoisotopic (exact) mass is 303 g/mol. The molecule has 21 heavy (non-hydrogen) atoms. The first-order valence-electron chi connectivity index (χ1n) is 7.82. The summed E-state index contributed by atoms with van der Waals surface area (Å²) in [6.45, 7) is 5.89. The molecule has 0 amide bonds. The lowest BCUT2D eigenvalue weighted by Gasteiger charge is -2.21. The van der Waals surface area contributed by atoms with Crippen molar-refractivity contribution in [1.29, 1.82) is 0 Å². The van der Waals surface area contributed by atoms with Gasteiger partial charge in [0.2, 0.25) is 0 Å². The molecule has 0 saturated heterocycles. The predicted molar refractivity (Wildman–Crippen MR) is 91.3 cm³/mol. The molecule has 1 heterocycles. The molecule has 114 valence electrons. The quantitative estimate of drug-likeness (QED) is 0.717. The van der Waals surface area contributed by atoms with E-state index in [-0.39, 0.29) is 0 Å². The SMILES string of the molecule is CCNC(CCCc1cccs1)c1ccccc1OCC. The van der Waals surface area contributed by atoms with Crippen LogP contribution in [0.25, 0.3) is 0 Å². The van der Waals surface area contributed by atoms with E-state index in [1.54, 1.807) is 0 Å². The Kier molecular flexibility index (Phi) is 6.77. The predicted octanol–water partition coefficient (Wildman–Crippen LogP) is 4.82. The van der Waals surface area contributed by atoms with E-state index in [1.807, 2.05) is 24.3 Å². The number of aryl methyl sites for hydroxylation is 1. The molecule has 2 rings (SSSR count). The van der Waals surface area contributed by atoms with Crippen LogP contribution >= 0.6 is 11.3 Å². The molecule has 0 aliphatic carbocycles. The number of benzene rings is 1. The summed E-state index contributed by atoms with van der Waals surface area (Å²) >= 11 is 1.85. The van der Waals surface area contributed by atoms with Gasteiger partial charge in [0, 0.05) is 16.5 Å². The maximum absolute atomic E-state index is 5.78. The van der Waals surface area contributed by atoms with Crippen LogP contribution in [0.15, 0.2) is 41.8 Å². The van der Waals surface area contributed by atoms with E-state index in [2.05, 4.69) is 48.0 Å². The highest BCUT2D eigenvalue weighted by atomic mass is 32.1. The van der Waals surface area contributed by atoms with Gasteiger partial charge in [-0.25, -0.2) is 0 Å². The van der Waals surface area contributed by atoms with Crippen LogP contribution in [-0.4, -0.2) is 13.2 Å². The molecule has 0 radical (unpaired) electrons. The highest BCUT2D eigenvalue weighted by Crippen LogP contribution is 2.29. The fourth-order valence-corrected chi connectivity index (χ4v) is 3.36. The average molecular weight is 303 g/mol. The standard InChI is InChI=1S/C18H25NOS/c1-3-19-17(12-7-9-15-10-8-14-21-15)16-11-5-6-13-18(16)20-4-2/h5-6,8,10-11,13-14,17,19H,3-4,7,9,12H2,1-2H3. The minimum absolute atomic E-state index is 0.373. The Bertz CT molecular complexity index is 510. The van der Waals surface area contributed by atoms with Crippen molar-refractivity contribution >= 4 is 11.3 Å². The van der Waals surface area contributed by atoms with Gasteiger partial charge in [-0.3, -0.25) is 0 Å². The molecule has 0 fully saturated rings. The largest absolute Gasteiger partial charge is 0.494 e. The summed E-state index contributed by atoms with van der Waals surface area (Å²) in [6.07, 6.45) is 3.49. The Hall–Kier alpha value is -1.32. The summed E-state index contributed by atoms with van der Waals surface area (Å²) in [5.41, 5.74) is 1.28. The highest BCUT2D eigenvalue weighted by molar-refractivity contribution is 7.09. The zero-order valence-electron chi connectivity index (χ0n) is 13.0. The zero-order valence-corrected chi connectivity index (χ0v) is 13.8. The van der Waals surface area contributed by atoms with Gasteiger partial charge in [-0.05, 0) is 50.2 Å². The molecule has 1 unspecified atom stereocenters. The van der Waals surface area contributed by atoms with Gasteiger partial charge in [-0.15, -0.1) is 11.3 Å². The molecular weight excluding hydrogens is 278 g/mol. The fourth-order valence-electron chi connectivity index (χ4n) is 2.60. The molecule has 0 bridgehead atoms. The molecular formula is C18H25NOS. The normalized spacial score (nSPS) is 12.3. The third kappa shape index (κ3) is 4.87. The van der Waals surface area contributed by atoms with Crippen LogP contribution in [0.5, 0.6) is 5.75 Å². The van der Waals surface area contributed by atoms with E-state index in [1.165, 1.54) is 16.9 Å². The number of nitrogens with one attached hydrogen (secondary N) is 1. The van der Waals surface area contributed by atoms with Crippen LogP contribution < -0.4 is 10.1 Å². The van der Waals surface area contributed by atoms with Crippen LogP contribution in [0, 0.1) is 0 Å². The van der Waals surface area contributed by atoms with Crippen molar-refractivity contribution in [2.24, 2.45) is 0 Å². The lowest BCUT2D eigenvalue weighted by atomic mass is 9.99. The van der Waals surface area contributed by atoms with Crippen LogP contribution in [-0.2, 0) is 6.42 Å². The Labute approximate surface area is 132 Å². The number of thiophene rings is 1. The van der Waals surface area contributed by atoms with E-state index < -0.39 is 0 Å². The molecule has 1 aromatic carbocycles. The summed E-state index contributed by atoms with van der Waals surface area (Å²) < 4.78 is 5.78. The van der Waals surface area contributed by atoms with Gasteiger partial charge >= 0.3 is 0 Å². The van der Waals surface area contributed by atoms with Crippen molar-refractivity contribution in [2.75, 3.05) is 13.2 Å². The summed E-state index contributed by atoms with van der Waals surface area (Å²) in [6, 6.07) is 13.1. The van der Waals surface area contributed by atoms with Crippen molar-refractivity contribution < 1.29 is 4.74 Å². The van der Waals surface area contributed by atoms with Crippen LogP contribution in [0.4, 0.5) is 0 Å². The van der Waals surface area contributed by atoms with Gasteiger partial charge in [0.25, 0.3) is 0 Å². The minimum atomic E-state index is 0.373. The lowest BCUT2D eigenvalue weighted by molar-refractivity contribution is 0.329. The van der Waals surface area contributed by atoms with Crippen molar-refractivity contribution in [3.05, 3.63) is 52.2 Å². The Morgan fingerprint density at radius 3 is 2.71 bits per heavy atom. The first kappa shape index (κ1) is 16.1. The molecule has 1 N–H and O–H groups in total. The van der Waals surface area contributed by atoms with Crippen molar-refractivity contribution in [3.63, 3.8) is 0 Å². The topological polar surface area (TPSA) is 21.3 Å². The van der Waals surface area contributed by atoms with Gasteiger partial charge in [0.05, 0.1) is 6.61 Å². The second-order valence-corrected chi connectivity index (χ2v) is 6.08. The Balaban J connectivity index is 2.00. The molecule has 0 aliphatic rings. The van der Waals surface area contributed by atoms with E-state index >= 15 is 0 Å². The molecule has 2 aromatic rings. The molecule has 0 saturated carbocycles. The Morgan fingerprint density at radius 2 is 2.00 bits per heavy atom. The summed E-state index contributed by atoms with van der Waals surface area (Å²) in [5.74, 6) is 1.02. The number of ether oxygens (including phenoxy) is 1. The lowest BCUT2D eigenvalue weighted by Crippen LogP contribution is -2.21. The molecule has 3 heteroatoms. The highest BCUT2D eigenvalue weighted by Gasteiger charge is 2.14. The molecule has 0 spiro atoms. The number of para-hydroxylation sites is 1. The molecule has 1 aromatic heterocycles. The average Bonchev–Trinajstić information content (AvgIpc) is 3.01. The van der Waals surface area contributed by atoms with E-state index in [0.717, 1.165) is 25.1 Å². The van der Waals surface area contributed by atoms with Crippen molar-refractivity contribution in [3.8, 4) is 5.75 Å².